The van der Waals surface area contributed by atoms with E-state index in [4.69, 9.17) is 14.2 Å². The van der Waals surface area contributed by atoms with Crippen LogP contribution in [-0.2, 0) is 20.8 Å². The lowest BCUT2D eigenvalue weighted by atomic mass is 10.0. The molecule has 0 aromatic heterocycles. The summed E-state index contributed by atoms with van der Waals surface area (Å²) < 4.78 is 16.6. The Bertz CT molecular complexity index is 346. The Hall–Kier alpha value is -1.16. The van der Waals surface area contributed by atoms with Crippen molar-refractivity contribution in [2.75, 3.05) is 14.2 Å². The SMILES string of the molecule is C=CC[C@@](C)(OCc1ccccc1)C(OC)OC. The second-order valence-electron chi connectivity index (χ2n) is 4.38. The number of methoxy groups -OCH3 is 2. The van der Waals surface area contributed by atoms with Gasteiger partial charge in [-0.2, -0.15) is 0 Å². The number of hydrogen-bond acceptors (Lipinski definition) is 3. The zero-order valence-corrected chi connectivity index (χ0v) is 11.4. The average molecular weight is 250 g/mol. The Morgan fingerprint density at radius 1 is 1.22 bits per heavy atom. The molecule has 1 aromatic rings. The van der Waals surface area contributed by atoms with Gasteiger partial charge in [-0.15, -0.1) is 6.58 Å². The van der Waals surface area contributed by atoms with Crippen LogP contribution in [0.3, 0.4) is 0 Å². The molecule has 18 heavy (non-hydrogen) atoms. The minimum absolute atomic E-state index is 0.417. The quantitative estimate of drug-likeness (QED) is 0.524. The van der Waals surface area contributed by atoms with Gasteiger partial charge in [0.1, 0.15) is 5.60 Å². The van der Waals surface area contributed by atoms with Crippen molar-refractivity contribution >= 4 is 0 Å². The maximum atomic E-state index is 5.98. The van der Waals surface area contributed by atoms with Crippen LogP contribution in [-0.4, -0.2) is 26.1 Å². The van der Waals surface area contributed by atoms with E-state index in [1.807, 2.05) is 43.3 Å². The first-order chi connectivity index (χ1) is 8.66. The number of hydrogen-bond donors (Lipinski definition) is 0. The lowest BCUT2D eigenvalue weighted by Crippen LogP contribution is -2.44. The van der Waals surface area contributed by atoms with Crippen molar-refractivity contribution in [3.63, 3.8) is 0 Å². The van der Waals surface area contributed by atoms with Gasteiger partial charge >= 0.3 is 0 Å². The summed E-state index contributed by atoms with van der Waals surface area (Å²) in [7, 11) is 3.22. The van der Waals surface area contributed by atoms with Gasteiger partial charge in [-0.1, -0.05) is 36.4 Å². The van der Waals surface area contributed by atoms with Gasteiger partial charge in [0.25, 0.3) is 0 Å². The molecule has 0 unspecified atom stereocenters. The summed E-state index contributed by atoms with van der Waals surface area (Å²) in [5, 5.41) is 0. The van der Waals surface area contributed by atoms with Crippen LogP contribution >= 0.6 is 0 Å². The molecule has 0 heterocycles. The molecule has 1 aromatic carbocycles. The van der Waals surface area contributed by atoms with E-state index < -0.39 is 11.9 Å². The summed E-state index contributed by atoms with van der Waals surface area (Å²) in [6, 6.07) is 10.0. The Balaban J connectivity index is 2.70. The fraction of sp³-hybridized carbons (Fsp3) is 0.467. The maximum Gasteiger partial charge on any atom is 0.185 e. The first-order valence-electron chi connectivity index (χ1n) is 6.00. The Kier molecular flexibility index (Phi) is 6.05. The van der Waals surface area contributed by atoms with Crippen LogP contribution in [0.4, 0.5) is 0 Å². The Labute approximate surface area is 109 Å². The summed E-state index contributed by atoms with van der Waals surface area (Å²) in [5.74, 6) is 0. The molecule has 0 amide bonds. The molecule has 0 bridgehead atoms. The maximum absolute atomic E-state index is 5.98. The monoisotopic (exact) mass is 250 g/mol. The third-order valence-corrected chi connectivity index (χ3v) is 2.89. The smallest absolute Gasteiger partial charge is 0.185 e. The van der Waals surface area contributed by atoms with E-state index in [1.165, 1.54) is 0 Å². The molecule has 0 saturated carbocycles. The van der Waals surface area contributed by atoms with Crippen molar-refractivity contribution in [2.24, 2.45) is 0 Å². The van der Waals surface area contributed by atoms with Crippen LogP contribution in [0.1, 0.15) is 18.9 Å². The van der Waals surface area contributed by atoms with Crippen molar-refractivity contribution in [3.05, 3.63) is 48.6 Å². The van der Waals surface area contributed by atoms with Gasteiger partial charge in [0.15, 0.2) is 6.29 Å². The van der Waals surface area contributed by atoms with E-state index >= 15 is 0 Å². The van der Waals surface area contributed by atoms with Crippen molar-refractivity contribution in [1.82, 2.24) is 0 Å². The minimum atomic E-state index is -0.541. The van der Waals surface area contributed by atoms with E-state index in [9.17, 15) is 0 Å². The predicted molar refractivity (Wildman–Crippen MR) is 72.3 cm³/mol. The highest BCUT2D eigenvalue weighted by molar-refractivity contribution is 5.13. The highest BCUT2D eigenvalue weighted by Crippen LogP contribution is 2.25. The number of benzene rings is 1. The molecule has 3 nitrogen and oxygen atoms in total. The third-order valence-electron chi connectivity index (χ3n) is 2.89. The van der Waals surface area contributed by atoms with Gasteiger partial charge in [-0.05, 0) is 18.9 Å². The normalized spacial score (nSPS) is 14.4. The fourth-order valence-corrected chi connectivity index (χ4v) is 1.93. The molecular weight excluding hydrogens is 228 g/mol. The molecule has 0 saturated heterocycles. The molecule has 1 atom stereocenters. The topological polar surface area (TPSA) is 27.7 Å². The highest BCUT2D eigenvalue weighted by atomic mass is 16.7. The molecule has 0 radical (unpaired) electrons. The first kappa shape index (κ1) is 14.9. The van der Waals surface area contributed by atoms with E-state index in [0.717, 1.165) is 5.56 Å². The molecule has 0 aliphatic heterocycles. The summed E-state index contributed by atoms with van der Waals surface area (Å²) >= 11 is 0. The standard InChI is InChI=1S/C15H22O3/c1-5-11-15(2,14(16-3)17-4)18-12-13-9-7-6-8-10-13/h5-10,14H,1,11-12H2,2-4H3/t15-/m1/s1. The third kappa shape index (κ3) is 3.95. The van der Waals surface area contributed by atoms with E-state index in [2.05, 4.69) is 6.58 Å². The molecule has 0 fully saturated rings. The molecule has 0 spiro atoms. The van der Waals surface area contributed by atoms with Crippen molar-refractivity contribution in [1.29, 1.82) is 0 Å². The molecule has 1 rings (SSSR count). The average Bonchev–Trinajstić information content (AvgIpc) is 2.39. The first-order valence-corrected chi connectivity index (χ1v) is 6.00. The summed E-state index contributed by atoms with van der Waals surface area (Å²) in [4.78, 5) is 0. The Morgan fingerprint density at radius 2 is 1.83 bits per heavy atom. The molecule has 0 aliphatic rings. The second kappa shape index (κ2) is 7.31. The molecule has 100 valence electrons. The number of ether oxygens (including phenoxy) is 3. The largest absolute Gasteiger partial charge is 0.365 e. The zero-order valence-electron chi connectivity index (χ0n) is 11.4. The van der Waals surface area contributed by atoms with Crippen LogP contribution in [0.2, 0.25) is 0 Å². The van der Waals surface area contributed by atoms with E-state index in [1.54, 1.807) is 14.2 Å². The lowest BCUT2D eigenvalue weighted by Gasteiger charge is -2.34. The van der Waals surface area contributed by atoms with Crippen molar-refractivity contribution in [2.45, 2.75) is 31.8 Å². The Morgan fingerprint density at radius 3 is 2.33 bits per heavy atom. The fourth-order valence-electron chi connectivity index (χ4n) is 1.93. The van der Waals surface area contributed by atoms with Crippen molar-refractivity contribution in [3.8, 4) is 0 Å². The minimum Gasteiger partial charge on any atom is -0.365 e. The van der Waals surface area contributed by atoms with Gasteiger partial charge in [-0.3, -0.25) is 0 Å². The summed E-state index contributed by atoms with van der Waals surface area (Å²) in [6.07, 6.45) is 2.06. The predicted octanol–water partition coefficient (Wildman–Crippen LogP) is 3.16. The molecular formula is C15H22O3. The zero-order chi connectivity index (χ0) is 13.4. The van der Waals surface area contributed by atoms with Gasteiger partial charge < -0.3 is 14.2 Å². The van der Waals surface area contributed by atoms with Crippen LogP contribution in [0.25, 0.3) is 0 Å². The lowest BCUT2D eigenvalue weighted by molar-refractivity contribution is -0.230. The molecule has 0 N–H and O–H groups in total. The van der Waals surface area contributed by atoms with Gasteiger partial charge in [0.05, 0.1) is 6.61 Å². The van der Waals surface area contributed by atoms with Gasteiger partial charge in [0.2, 0.25) is 0 Å². The van der Waals surface area contributed by atoms with Gasteiger partial charge in [-0.25, -0.2) is 0 Å². The van der Waals surface area contributed by atoms with Gasteiger partial charge in [0, 0.05) is 14.2 Å². The number of rotatable bonds is 8. The highest BCUT2D eigenvalue weighted by Gasteiger charge is 2.34. The van der Waals surface area contributed by atoms with Crippen LogP contribution in [0, 0.1) is 0 Å². The van der Waals surface area contributed by atoms with E-state index in [0.29, 0.717) is 13.0 Å². The summed E-state index contributed by atoms with van der Waals surface area (Å²) in [6.45, 7) is 6.25. The second-order valence-corrected chi connectivity index (χ2v) is 4.38. The van der Waals surface area contributed by atoms with Crippen LogP contribution in [0.5, 0.6) is 0 Å². The molecule has 0 aliphatic carbocycles. The summed E-state index contributed by atoms with van der Waals surface area (Å²) in [5.41, 5.74) is 0.583. The van der Waals surface area contributed by atoms with Crippen LogP contribution < -0.4 is 0 Å². The molecule has 3 heteroatoms. The van der Waals surface area contributed by atoms with E-state index in [-0.39, 0.29) is 0 Å². The van der Waals surface area contributed by atoms with Crippen molar-refractivity contribution < 1.29 is 14.2 Å². The van der Waals surface area contributed by atoms with Crippen LogP contribution in [0.15, 0.2) is 43.0 Å².